The molecule has 2 N–H and O–H groups in total. The zero-order chi connectivity index (χ0) is 16.5. The number of hydrogen-bond donors (Lipinski definition) is 2. The number of ether oxygens (including phenoxy) is 1. The first-order valence-corrected chi connectivity index (χ1v) is 8.23. The lowest BCUT2D eigenvalue weighted by atomic mass is 10.0. The summed E-state index contributed by atoms with van der Waals surface area (Å²) in [5.74, 6) is 1.27. The van der Waals surface area contributed by atoms with E-state index >= 15 is 0 Å². The van der Waals surface area contributed by atoms with Crippen molar-refractivity contribution < 1.29 is 9.84 Å². The first-order valence-electron chi connectivity index (χ1n) is 8.23. The third-order valence-electron chi connectivity index (χ3n) is 3.68. The number of benzene rings is 1. The topological polar surface area (TPSA) is 59.3 Å². The van der Waals surface area contributed by atoms with Gasteiger partial charge in [-0.3, -0.25) is 0 Å². The highest BCUT2D eigenvalue weighted by Gasteiger charge is 2.09. The Morgan fingerprint density at radius 2 is 2.13 bits per heavy atom. The molecule has 1 aromatic heterocycles. The number of nitrogens with zero attached hydrogens (tertiary/aromatic N) is 2. The number of para-hydroxylation sites is 1. The van der Waals surface area contributed by atoms with Gasteiger partial charge in [-0.1, -0.05) is 32.0 Å². The fourth-order valence-electron chi connectivity index (χ4n) is 2.41. The Labute approximate surface area is 138 Å². The fraction of sp³-hybridized carbons (Fsp3) is 0.500. The molecule has 0 aliphatic heterocycles. The molecule has 0 saturated carbocycles. The number of imidazole rings is 1. The lowest BCUT2D eigenvalue weighted by molar-refractivity contribution is 0.106. The summed E-state index contributed by atoms with van der Waals surface area (Å²) in [6, 6.07) is 8.00. The molecule has 126 valence electrons. The SMILES string of the molecule is CC(C)c1ccccc1OCC(O)CNCCCn1ccnc1. The van der Waals surface area contributed by atoms with Crippen LogP contribution < -0.4 is 10.1 Å². The number of aliphatic hydroxyl groups excluding tert-OH is 1. The van der Waals surface area contributed by atoms with E-state index in [1.165, 1.54) is 5.56 Å². The second kappa shape index (κ2) is 9.33. The average Bonchev–Trinajstić information content (AvgIpc) is 3.06. The van der Waals surface area contributed by atoms with Gasteiger partial charge in [-0.25, -0.2) is 4.98 Å². The molecule has 2 aromatic rings. The van der Waals surface area contributed by atoms with Crippen molar-refractivity contribution in [3.63, 3.8) is 0 Å². The van der Waals surface area contributed by atoms with Crippen LogP contribution in [0.25, 0.3) is 0 Å². The molecule has 1 heterocycles. The highest BCUT2D eigenvalue weighted by Crippen LogP contribution is 2.25. The molecular weight excluding hydrogens is 290 g/mol. The maximum atomic E-state index is 10.0. The van der Waals surface area contributed by atoms with Gasteiger partial charge in [0, 0.05) is 25.5 Å². The molecule has 0 fully saturated rings. The Hall–Kier alpha value is -1.85. The number of aliphatic hydroxyl groups is 1. The second-order valence-electron chi connectivity index (χ2n) is 6.02. The van der Waals surface area contributed by atoms with Gasteiger partial charge in [-0.2, -0.15) is 0 Å². The van der Waals surface area contributed by atoms with Crippen LogP contribution in [0.4, 0.5) is 0 Å². The highest BCUT2D eigenvalue weighted by atomic mass is 16.5. The van der Waals surface area contributed by atoms with Crippen LogP contribution in [0, 0.1) is 0 Å². The van der Waals surface area contributed by atoms with E-state index < -0.39 is 6.10 Å². The van der Waals surface area contributed by atoms with E-state index in [2.05, 4.69) is 30.2 Å². The van der Waals surface area contributed by atoms with Crippen molar-refractivity contribution in [3.8, 4) is 5.75 Å². The number of aromatic nitrogens is 2. The molecule has 0 saturated heterocycles. The Kier molecular flexibility index (Phi) is 7.10. The van der Waals surface area contributed by atoms with Crippen LogP contribution in [0.2, 0.25) is 0 Å². The summed E-state index contributed by atoms with van der Waals surface area (Å²) >= 11 is 0. The fourth-order valence-corrected chi connectivity index (χ4v) is 2.41. The van der Waals surface area contributed by atoms with Gasteiger partial charge in [0.25, 0.3) is 0 Å². The van der Waals surface area contributed by atoms with E-state index in [1.54, 1.807) is 6.20 Å². The van der Waals surface area contributed by atoms with Gasteiger partial charge in [-0.05, 0) is 30.5 Å². The molecule has 2 rings (SSSR count). The van der Waals surface area contributed by atoms with Crippen molar-refractivity contribution >= 4 is 0 Å². The summed E-state index contributed by atoms with van der Waals surface area (Å²) in [5, 5.41) is 13.3. The number of aryl methyl sites for hydroxylation is 1. The Morgan fingerprint density at radius 3 is 2.87 bits per heavy atom. The van der Waals surface area contributed by atoms with Gasteiger partial charge < -0.3 is 19.7 Å². The Morgan fingerprint density at radius 1 is 1.30 bits per heavy atom. The van der Waals surface area contributed by atoms with E-state index in [4.69, 9.17) is 4.74 Å². The normalized spacial score (nSPS) is 12.5. The molecule has 0 radical (unpaired) electrons. The molecule has 1 unspecified atom stereocenters. The molecule has 5 heteroatoms. The first kappa shape index (κ1) is 17.5. The molecular formula is C18H27N3O2. The summed E-state index contributed by atoms with van der Waals surface area (Å²) in [7, 11) is 0. The minimum Gasteiger partial charge on any atom is -0.491 e. The minimum absolute atomic E-state index is 0.304. The largest absolute Gasteiger partial charge is 0.491 e. The predicted molar refractivity (Wildman–Crippen MR) is 91.7 cm³/mol. The molecule has 0 spiro atoms. The van der Waals surface area contributed by atoms with E-state index in [0.29, 0.717) is 19.1 Å². The predicted octanol–water partition coefficient (Wildman–Crippen LogP) is 2.43. The molecule has 1 aromatic carbocycles. The second-order valence-corrected chi connectivity index (χ2v) is 6.02. The summed E-state index contributed by atoms with van der Waals surface area (Å²) in [4.78, 5) is 4.01. The third kappa shape index (κ3) is 6.04. The van der Waals surface area contributed by atoms with Crippen LogP contribution in [0.3, 0.4) is 0 Å². The third-order valence-corrected chi connectivity index (χ3v) is 3.68. The van der Waals surface area contributed by atoms with Gasteiger partial charge >= 0.3 is 0 Å². The van der Waals surface area contributed by atoms with Crippen molar-refractivity contribution in [2.24, 2.45) is 0 Å². The van der Waals surface area contributed by atoms with E-state index in [9.17, 15) is 5.11 Å². The molecule has 1 atom stereocenters. The van der Waals surface area contributed by atoms with Gasteiger partial charge in [-0.15, -0.1) is 0 Å². The summed E-state index contributed by atoms with van der Waals surface area (Å²) < 4.78 is 7.82. The van der Waals surface area contributed by atoms with Gasteiger partial charge in [0.2, 0.25) is 0 Å². The van der Waals surface area contributed by atoms with E-state index in [-0.39, 0.29) is 0 Å². The zero-order valence-corrected chi connectivity index (χ0v) is 14.0. The van der Waals surface area contributed by atoms with Crippen LogP contribution in [0.5, 0.6) is 5.75 Å². The van der Waals surface area contributed by atoms with E-state index in [1.807, 2.05) is 35.3 Å². The molecule has 0 aliphatic carbocycles. The van der Waals surface area contributed by atoms with Gasteiger partial charge in [0.1, 0.15) is 18.5 Å². The van der Waals surface area contributed by atoms with Gasteiger partial charge in [0.05, 0.1) is 6.33 Å². The Bertz CT molecular complexity index is 555. The Balaban J connectivity index is 1.62. The maximum absolute atomic E-state index is 10.0. The van der Waals surface area contributed by atoms with Crippen LogP contribution in [0.1, 0.15) is 31.7 Å². The van der Waals surface area contributed by atoms with Crippen molar-refractivity contribution in [2.75, 3.05) is 19.7 Å². The van der Waals surface area contributed by atoms with Gasteiger partial charge in [0.15, 0.2) is 0 Å². The van der Waals surface area contributed by atoms with Crippen LogP contribution >= 0.6 is 0 Å². The van der Waals surface area contributed by atoms with Crippen LogP contribution in [-0.2, 0) is 6.54 Å². The maximum Gasteiger partial charge on any atom is 0.122 e. The molecule has 0 aliphatic rings. The minimum atomic E-state index is -0.511. The first-order chi connectivity index (χ1) is 11.2. The number of nitrogens with one attached hydrogen (secondary N) is 1. The summed E-state index contributed by atoms with van der Waals surface area (Å²) in [6.45, 7) is 6.91. The van der Waals surface area contributed by atoms with Crippen LogP contribution in [-0.4, -0.2) is 40.5 Å². The quantitative estimate of drug-likeness (QED) is 0.661. The zero-order valence-electron chi connectivity index (χ0n) is 14.0. The molecule has 0 bridgehead atoms. The standard InChI is InChI=1S/C18H27N3O2/c1-15(2)17-6-3-4-7-18(17)23-13-16(22)12-19-8-5-10-21-11-9-20-14-21/h3-4,6-7,9,11,14-16,19,22H,5,8,10,12-13H2,1-2H3. The molecule has 5 nitrogen and oxygen atoms in total. The lowest BCUT2D eigenvalue weighted by Gasteiger charge is -2.17. The van der Waals surface area contributed by atoms with Crippen molar-refractivity contribution in [1.82, 2.24) is 14.9 Å². The lowest BCUT2D eigenvalue weighted by Crippen LogP contribution is -2.32. The van der Waals surface area contributed by atoms with E-state index in [0.717, 1.165) is 25.3 Å². The van der Waals surface area contributed by atoms with Crippen molar-refractivity contribution in [2.45, 2.75) is 38.8 Å². The summed E-state index contributed by atoms with van der Waals surface area (Å²) in [6.07, 6.45) is 6.04. The average molecular weight is 317 g/mol. The molecule has 23 heavy (non-hydrogen) atoms. The number of rotatable bonds is 10. The molecule has 0 amide bonds. The highest BCUT2D eigenvalue weighted by molar-refractivity contribution is 5.35. The summed E-state index contributed by atoms with van der Waals surface area (Å²) in [5.41, 5.74) is 1.17. The van der Waals surface area contributed by atoms with Crippen molar-refractivity contribution in [3.05, 3.63) is 48.5 Å². The monoisotopic (exact) mass is 317 g/mol. The van der Waals surface area contributed by atoms with Crippen molar-refractivity contribution in [1.29, 1.82) is 0 Å². The number of hydrogen-bond acceptors (Lipinski definition) is 4. The smallest absolute Gasteiger partial charge is 0.122 e. The van der Waals surface area contributed by atoms with Crippen LogP contribution in [0.15, 0.2) is 43.0 Å².